The molecule has 1 atom stereocenters. The van der Waals surface area contributed by atoms with Crippen LogP contribution < -0.4 is 10.0 Å². The van der Waals surface area contributed by atoms with Crippen molar-refractivity contribution >= 4 is 21.6 Å². The van der Waals surface area contributed by atoms with Gasteiger partial charge in [0.2, 0.25) is 0 Å². The summed E-state index contributed by atoms with van der Waals surface area (Å²) < 4.78 is 33.7. The fourth-order valence-corrected chi connectivity index (χ4v) is 5.45. The highest BCUT2D eigenvalue weighted by molar-refractivity contribution is 7.92. The zero-order chi connectivity index (χ0) is 24.0. The molecule has 33 heavy (non-hydrogen) atoms. The molecule has 1 aliphatic heterocycles. The lowest BCUT2D eigenvalue weighted by atomic mass is 10.0. The number of carbonyl (C=O) groups excluding carboxylic acids is 1. The van der Waals surface area contributed by atoms with Crippen molar-refractivity contribution in [2.45, 2.75) is 45.1 Å². The molecule has 7 nitrogen and oxygen atoms in total. The Morgan fingerprint density at radius 2 is 1.73 bits per heavy atom. The summed E-state index contributed by atoms with van der Waals surface area (Å²) in [6.07, 6.45) is 0.999. The van der Waals surface area contributed by atoms with Crippen LogP contribution in [0.5, 0.6) is 0 Å². The number of hydrogen-bond donors (Lipinski definition) is 2. The van der Waals surface area contributed by atoms with Crippen LogP contribution in [0.25, 0.3) is 0 Å². The lowest BCUT2D eigenvalue weighted by molar-refractivity contribution is 0.0124. The average molecular weight is 474 g/mol. The number of carbonyl (C=O) groups is 1. The number of amides is 1. The average Bonchev–Trinajstić information content (AvgIpc) is 2.78. The van der Waals surface area contributed by atoms with Crippen molar-refractivity contribution in [3.63, 3.8) is 0 Å². The molecule has 2 N–H and O–H groups in total. The summed E-state index contributed by atoms with van der Waals surface area (Å²) in [6.45, 7) is 11.8. The predicted molar refractivity (Wildman–Crippen MR) is 131 cm³/mol. The molecule has 0 radical (unpaired) electrons. The van der Waals surface area contributed by atoms with E-state index >= 15 is 0 Å². The van der Waals surface area contributed by atoms with E-state index in [4.69, 9.17) is 4.74 Å². The van der Waals surface area contributed by atoms with Crippen LogP contribution in [0.2, 0.25) is 0 Å². The first kappa shape index (κ1) is 25.2. The van der Waals surface area contributed by atoms with E-state index in [1.807, 2.05) is 13.0 Å². The van der Waals surface area contributed by atoms with Crippen LogP contribution in [-0.4, -0.2) is 58.1 Å². The SMILES string of the molecule is Cc1ccc(C)c(S(=O)(=O)Nc2ccc(C(=O)NCC(CC(C)C)N3CCOCC3)cc2)c1. The van der Waals surface area contributed by atoms with Gasteiger partial charge in [0.05, 0.1) is 18.1 Å². The van der Waals surface area contributed by atoms with Gasteiger partial charge < -0.3 is 10.1 Å². The monoisotopic (exact) mass is 473 g/mol. The second kappa shape index (κ2) is 11.1. The summed E-state index contributed by atoms with van der Waals surface area (Å²) in [7, 11) is -3.71. The number of aryl methyl sites for hydroxylation is 2. The lowest BCUT2D eigenvalue weighted by Gasteiger charge is -2.35. The first-order valence-electron chi connectivity index (χ1n) is 11.5. The predicted octanol–water partition coefficient (Wildman–Crippen LogP) is 3.58. The van der Waals surface area contributed by atoms with Crippen LogP contribution in [-0.2, 0) is 14.8 Å². The van der Waals surface area contributed by atoms with E-state index in [9.17, 15) is 13.2 Å². The summed E-state index contributed by atoms with van der Waals surface area (Å²) in [5.41, 5.74) is 2.47. The van der Waals surface area contributed by atoms with Crippen LogP contribution in [0.15, 0.2) is 47.4 Å². The van der Waals surface area contributed by atoms with Crippen molar-refractivity contribution in [1.29, 1.82) is 0 Å². The molecule has 1 amide bonds. The molecule has 0 saturated carbocycles. The molecule has 2 aromatic rings. The molecule has 0 aliphatic carbocycles. The molecule has 0 bridgehead atoms. The highest BCUT2D eigenvalue weighted by Crippen LogP contribution is 2.21. The minimum atomic E-state index is -3.71. The van der Waals surface area contributed by atoms with Gasteiger partial charge in [-0.25, -0.2) is 8.42 Å². The van der Waals surface area contributed by atoms with Gasteiger partial charge in [-0.3, -0.25) is 14.4 Å². The van der Waals surface area contributed by atoms with Crippen molar-refractivity contribution in [1.82, 2.24) is 10.2 Å². The number of morpholine rings is 1. The number of sulfonamides is 1. The third kappa shape index (κ3) is 7.03. The van der Waals surface area contributed by atoms with Gasteiger partial charge in [-0.1, -0.05) is 26.0 Å². The molecular formula is C25H35N3O4S. The molecule has 1 unspecified atom stereocenters. The van der Waals surface area contributed by atoms with Gasteiger partial charge in [0, 0.05) is 36.9 Å². The first-order valence-corrected chi connectivity index (χ1v) is 12.9. The van der Waals surface area contributed by atoms with Crippen LogP contribution in [0.1, 0.15) is 41.8 Å². The Balaban J connectivity index is 1.62. The summed E-state index contributed by atoms with van der Waals surface area (Å²) >= 11 is 0. The number of nitrogens with zero attached hydrogens (tertiary/aromatic N) is 1. The topological polar surface area (TPSA) is 87.7 Å². The molecule has 0 aromatic heterocycles. The number of anilines is 1. The number of hydrogen-bond acceptors (Lipinski definition) is 5. The standard InChI is InChI=1S/C25H35N3O4S/c1-18(2)15-23(28-11-13-32-14-12-28)17-26-25(29)21-7-9-22(10-8-21)27-33(30,31)24-16-19(3)5-6-20(24)4/h5-10,16,18,23,27H,11-15,17H2,1-4H3,(H,26,29). The quantitative estimate of drug-likeness (QED) is 0.581. The van der Waals surface area contributed by atoms with Crippen molar-refractivity contribution in [3.8, 4) is 0 Å². The van der Waals surface area contributed by atoms with Gasteiger partial charge in [0.15, 0.2) is 0 Å². The largest absolute Gasteiger partial charge is 0.379 e. The molecule has 8 heteroatoms. The number of ether oxygens (including phenoxy) is 1. The van der Waals surface area contributed by atoms with Gasteiger partial charge in [0.25, 0.3) is 15.9 Å². The number of rotatable bonds is 9. The smallest absolute Gasteiger partial charge is 0.262 e. The second-order valence-electron chi connectivity index (χ2n) is 9.09. The Morgan fingerprint density at radius 1 is 1.06 bits per heavy atom. The van der Waals surface area contributed by atoms with Crippen molar-refractivity contribution < 1.29 is 17.9 Å². The minimum Gasteiger partial charge on any atom is -0.379 e. The Kier molecular flexibility index (Phi) is 8.51. The molecule has 1 saturated heterocycles. The fourth-order valence-electron chi connectivity index (χ4n) is 4.06. The van der Waals surface area contributed by atoms with Crippen molar-refractivity contribution in [3.05, 3.63) is 59.2 Å². The summed E-state index contributed by atoms with van der Waals surface area (Å²) in [5.74, 6) is 0.361. The highest BCUT2D eigenvalue weighted by Gasteiger charge is 2.23. The van der Waals surface area contributed by atoms with Gasteiger partial charge >= 0.3 is 0 Å². The molecular weight excluding hydrogens is 438 g/mol. The van der Waals surface area contributed by atoms with Gasteiger partial charge in [-0.15, -0.1) is 0 Å². The van der Waals surface area contributed by atoms with E-state index in [1.54, 1.807) is 43.3 Å². The van der Waals surface area contributed by atoms with E-state index in [2.05, 4.69) is 28.8 Å². The second-order valence-corrected chi connectivity index (χ2v) is 10.7. The van der Waals surface area contributed by atoms with E-state index in [-0.39, 0.29) is 16.8 Å². The maximum atomic E-state index is 12.8. The zero-order valence-corrected chi connectivity index (χ0v) is 20.7. The fraction of sp³-hybridized carbons (Fsp3) is 0.480. The Hall–Kier alpha value is -2.42. The molecule has 3 rings (SSSR count). The molecule has 1 heterocycles. The molecule has 1 aliphatic rings. The third-order valence-corrected chi connectivity index (χ3v) is 7.36. The van der Waals surface area contributed by atoms with E-state index in [0.29, 0.717) is 29.3 Å². The van der Waals surface area contributed by atoms with Crippen LogP contribution in [0, 0.1) is 19.8 Å². The van der Waals surface area contributed by atoms with Gasteiger partial charge in [-0.2, -0.15) is 0 Å². The van der Waals surface area contributed by atoms with Crippen molar-refractivity contribution in [2.75, 3.05) is 37.6 Å². The maximum Gasteiger partial charge on any atom is 0.262 e. The lowest BCUT2D eigenvalue weighted by Crippen LogP contribution is -2.49. The zero-order valence-electron chi connectivity index (χ0n) is 19.9. The Morgan fingerprint density at radius 3 is 2.36 bits per heavy atom. The van der Waals surface area contributed by atoms with E-state index < -0.39 is 10.0 Å². The van der Waals surface area contributed by atoms with E-state index in [1.165, 1.54) is 0 Å². The third-order valence-electron chi connectivity index (χ3n) is 5.84. The summed E-state index contributed by atoms with van der Waals surface area (Å²) in [5, 5.41) is 3.05. The molecule has 2 aromatic carbocycles. The molecule has 1 fully saturated rings. The van der Waals surface area contributed by atoms with E-state index in [0.717, 1.165) is 38.3 Å². The normalized spacial score (nSPS) is 15.9. The van der Waals surface area contributed by atoms with Crippen LogP contribution >= 0.6 is 0 Å². The first-order chi connectivity index (χ1) is 15.7. The Labute approximate surface area is 197 Å². The number of nitrogens with one attached hydrogen (secondary N) is 2. The van der Waals surface area contributed by atoms with Crippen molar-refractivity contribution in [2.24, 2.45) is 5.92 Å². The molecule has 180 valence electrons. The minimum absolute atomic E-state index is 0.166. The summed E-state index contributed by atoms with van der Waals surface area (Å²) in [4.78, 5) is 15.4. The van der Waals surface area contributed by atoms with Gasteiger partial charge in [-0.05, 0) is 67.6 Å². The summed E-state index contributed by atoms with van der Waals surface area (Å²) in [6, 6.07) is 12.1. The highest BCUT2D eigenvalue weighted by atomic mass is 32.2. The molecule has 0 spiro atoms. The maximum absolute atomic E-state index is 12.8. The van der Waals surface area contributed by atoms with Crippen LogP contribution in [0.3, 0.4) is 0 Å². The van der Waals surface area contributed by atoms with Crippen LogP contribution in [0.4, 0.5) is 5.69 Å². The number of benzene rings is 2. The van der Waals surface area contributed by atoms with Gasteiger partial charge in [0.1, 0.15) is 0 Å². The Bertz CT molecular complexity index is 1050.